The van der Waals surface area contributed by atoms with Crippen LogP contribution in [0.3, 0.4) is 0 Å². The maximum atomic E-state index is 12.6. The molecule has 12 heteroatoms. The van der Waals surface area contributed by atoms with Crippen LogP contribution in [0.25, 0.3) is 0 Å². The van der Waals surface area contributed by atoms with Crippen LogP contribution in [0.15, 0.2) is 105 Å². The second-order valence-electron chi connectivity index (χ2n) is 20.4. The number of methoxy groups -OCH3 is 1. The number of carbonyl (C=O) groups is 5. The minimum atomic E-state index is -1.31. The Morgan fingerprint density at radius 2 is 0.662 bits per heavy atom. The van der Waals surface area contributed by atoms with Crippen LogP contribution in [0.4, 0.5) is 0 Å². The normalized spacial score (nSPS) is 19.5. The molecule has 1 heterocycles. The molecule has 1 saturated heterocycles. The highest BCUT2D eigenvalue weighted by Gasteiger charge is 2.52. The first kappa shape index (κ1) is 66.9. The van der Waals surface area contributed by atoms with Crippen LogP contribution in [0.2, 0.25) is 0 Å². The maximum absolute atomic E-state index is 12.6. The van der Waals surface area contributed by atoms with Crippen molar-refractivity contribution in [2.24, 2.45) is 0 Å². The van der Waals surface area contributed by atoms with E-state index >= 15 is 0 Å². The predicted octanol–water partition coefficient (Wildman–Crippen LogP) is 14.8. The topological polar surface area (TPSA) is 150 Å². The van der Waals surface area contributed by atoms with E-state index in [1.807, 2.05) is 13.0 Å². The molecule has 5 atom stereocenters. The van der Waals surface area contributed by atoms with Crippen LogP contribution < -0.4 is 0 Å². The van der Waals surface area contributed by atoms with Crippen molar-refractivity contribution in [3.05, 3.63) is 105 Å². The Kier molecular flexibility index (Phi) is 35.6. The Bertz CT molecular complexity index is 2030. The average molecular weight is 1030 g/mol. The zero-order chi connectivity index (χ0) is 55.4. The number of carbonyl (C=O) groups excluding carboxylic acids is 5. The van der Waals surface area contributed by atoms with E-state index < -0.39 is 67.2 Å². The molecule has 74 heavy (non-hydrogen) atoms. The molecule has 1 aliphatic rings. The van der Waals surface area contributed by atoms with Crippen molar-refractivity contribution in [3.8, 4) is 0 Å². The standard InChI is InChI=1S/C62H96O12/c1-44(2)23-15-24-45(3)25-16-26-46(4)27-17-28-47(5)29-18-30-48(6)31-19-32-49(7)33-20-34-50(8)35-21-36-51(9)37-22-38-52(10)41-42-69-57(66)39-40-58(67)70-43-56-59(71-53(11)63)60(72-54(12)64)61(73-55(13)65)62(68-14)74-56/h23,25,27,29,31,33,35,37,41,56,59-62H,15-22,24,26,28,30,32,34,36,38-40,42-43H2,1-14H3/b45-25+,46-27+,47-29+,48-31+,49-33+,50-35+,51-37+,52-41+/t56-,59-,60+,61-,62+/m1/s1. The molecule has 1 fully saturated rings. The highest BCUT2D eigenvalue weighted by molar-refractivity contribution is 5.77. The summed E-state index contributed by atoms with van der Waals surface area (Å²) in [5.41, 5.74) is 12.7. The number of ether oxygens (including phenoxy) is 7. The molecule has 1 aliphatic heterocycles. The first-order valence-corrected chi connectivity index (χ1v) is 27.0. The highest BCUT2D eigenvalue weighted by atomic mass is 16.7. The molecule has 0 radical (unpaired) electrons. The van der Waals surface area contributed by atoms with Gasteiger partial charge in [0.2, 0.25) is 0 Å². The summed E-state index contributed by atoms with van der Waals surface area (Å²) in [4.78, 5) is 60.7. The molecule has 0 aliphatic carbocycles. The quantitative estimate of drug-likeness (QED) is 0.0338. The van der Waals surface area contributed by atoms with Gasteiger partial charge < -0.3 is 33.2 Å². The zero-order valence-corrected chi connectivity index (χ0v) is 48.1. The number of allylic oxidation sites excluding steroid dienone is 17. The fraction of sp³-hybridized carbons (Fsp3) is 0.629. The summed E-state index contributed by atoms with van der Waals surface area (Å²) in [5.74, 6) is -3.49. The van der Waals surface area contributed by atoms with Gasteiger partial charge in [0.15, 0.2) is 24.6 Å². The molecule has 0 N–H and O–H groups in total. The first-order valence-electron chi connectivity index (χ1n) is 27.0. The van der Waals surface area contributed by atoms with Crippen molar-refractivity contribution in [3.63, 3.8) is 0 Å². The molecule has 0 aromatic heterocycles. The molecular formula is C62H96O12. The van der Waals surface area contributed by atoms with E-state index in [-0.39, 0.29) is 19.4 Å². The Morgan fingerprint density at radius 1 is 0.365 bits per heavy atom. The van der Waals surface area contributed by atoms with Crippen LogP contribution >= 0.6 is 0 Å². The minimum absolute atomic E-state index is 0.0882. The van der Waals surface area contributed by atoms with Gasteiger partial charge in [-0.05, 0) is 178 Å². The summed E-state index contributed by atoms with van der Waals surface area (Å²) in [6, 6.07) is 0. The Hall–Kier alpha value is -5.07. The van der Waals surface area contributed by atoms with Crippen LogP contribution in [0.1, 0.15) is 206 Å². The number of hydrogen-bond donors (Lipinski definition) is 0. The van der Waals surface area contributed by atoms with Crippen LogP contribution in [-0.2, 0) is 57.1 Å². The largest absolute Gasteiger partial charge is 0.463 e. The number of rotatable bonds is 35. The number of esters is 5. The summed E-state index contributed by atoms with van der Waals surface area (Å²) >= 11 is 0. The lowest BCUT2D eigenvalue weighted by atomic mass is 9.98. The smallest absolute Gasteiger partial charge is 0.306 e. The molecule has 0 unspecified atom stereocenters. The third kappa shape index (κ3) is 33.7. The van der Waals surface area contributed by atoms with Gasteiger partial charge in [-0.15, -0.1) is 0 Å². The SMILES string of the molecule is CO[C@H]1O[C@H](COC(=O)CCC(=O)OC/C=C(\C)CC/C=C(\C)CC/C=C(\C)CC/C=C(\C)CC/C=C(\C)CC/C=C(\C)CC/C=C(\C)CC/C=C(\C)CCC=C(C)C)[C@@H](OC(C)=O)[C@H](OC(C)=O)[C@H]1OC(C)=O. The van der Waals surface area contributed by atoms with Crippen molar-refractivity contribution in [1.82, 2.24) is 0 Å². The lowest BCUT2D eigenvalue weighted by Crippen LogP contribution is -2.62. The van der Waals surface area contributed by atoms with Crippen molar-refractivity contribution in [1.29, 1.82) is 0 Å². The van der Waals surface area contributed by atoms with E-state index in [2.05, 4.69) is 111 Å². The summed E-state index contributed by atoms with van der Waals surface area (Å²) in [6.07, 6.45) is 31.4. The van der Waals surface area contributed by atoms with Crippen LogP contribution in [0.5, 0.6) is 0 Å². The number of hydrogen-bond acceptors (Lipinski definition) is 12. The second-order valence-corrected chi connectivity index (χ2v) is 20.4. The summed E-state index contributed by atoms with van der Waals surface area (Å²) in [7, 11) is 1.28. The Morgan fingerprint density at radius 3 is 0.986 bits per heavy atom. The van der Waals surface area contributed by atoms with Gasteiger partial charge in [-0.1, -0.05) is 98.8 Å². The Labute approximate surface area is 446 Å². The lowest BCUT2D eigenvalue weighted by Gasteiger charge is -2.43. The predicted molar refractivity (Wildman–Crippen MR) is 297 cm³/mol. The van der Waals surface area contributed by atoms with E-state index in [4.69, 9.17) is 33.2 Å². The van der Waals surface area contributed by atoms with Gasteiger partial charge in [0.1, 0.15) is 19.3 Å². The third-order valence-corrected chi connectivity index (χ3v) is 12.7. The van der Waals surface area contributed by atoms with Gasteiger partial charge in [-0.3, -0.25) is 24.0 Å². The molecule has 0 amide bonds. The molecule has 0 bridgehead atoms. The molecule has 416 valence electrons. The first-order chi connectivity index (χ1) is 35.1. The molecule has 0 aromatic carbocycles. The molecule has 0 spiro atoms. The van der Waals surface area contributed by atoms with Gasteiger partial charge in [0.05, 0.1) is 12.8 Å². The van der Waals surface area contributed by atoms with Gasteiger partial charge >= 0.3 is 29.8 Å². The molecule has 0 saturated carbocycles. The lowest BCUT2D eigenvalue weighted by molar-refractivity contribution is -0.302. The monoisotopic (exact) mass is 1030 g/mol. The summed E-state index contributed by atoms with van der Waals surface area (Å²) in [5, 5.41) is 0. The van der Waals surface area contributed by atoms with E-state index in [0.29, 0.717) is 0 Å². The molecular weight excluding hydrogens is 937 g/mol. The fourth-order valence-electron chi connectivity index (χ4n) is 8.21. The molecule has 1 rings (SSSR count). The van der Waals surface area contributed by atoms with E-state index in [0.717, 1.165) is 123 Å². The maximum Gasteiger partial charge on any atom is 0.306 e. The summed E-state index contributed by atoms with van der Waals surface area (Å²) in [6.45, 7) is 25.2. The van der Waals surface area contributed by atoms with Gasteiger partial charge in [-0.2, -0.15) is 0 Å². The Balaban J connectivity index is 2.35. The van der Waals surface area contributed by atoms with Gasteiger partial charge in [0, 0.05) is 27.9 Å². The molecule has 0 aromatic rings. The van der Waals surface area contributed by atoms with Crippen LogP contribution in [0, 0.1) is 0 Å². The summed E-state index contributed by atoms with van der Waals surface area (Å²) < 4.78 is 37.7. The van der Waals surface area contributed by atoms with Crippen molar-refractivity contribution in [2.45, 2.75) is 236 Å². The van der Waals surface area contributed by atoms with Crippen molar-refractivity contribution >= 4 is 29.8 Å². The van der Waals surface area contributed by atoms with Gasteiger partial charge in [-0.25, -0.2) is 0 Å². The van der Waals surface area contributed by atoms with Gasteiger partial charge in [0.25, 0.3) is 0 Å². The van der Waals surface area contributed by atoms with E-state index in [1.165, 1.54) is 58.1 Å². The highest BCUT2D eigenvalue weighted by Crippen LogP contribution is 2.30. The fourth-order valence-corrected chi connectivity index (χ4v) is 8.21. The van der Waals surface area contributed by atoms with E-state index in [1.54, 1.807) is 0 Å². The second kappa shape index (κ2) is 39.4. The van der Waals surface area contributed by atoms with E-state index in [9.17, 15) is 24.0 Å². The van der Waals surface area contributed by atoms with Crippen LogP contribution in [-0.4, -0.2) is 80.9 Å². The molecule has 12 nitrogen and oxygen atoms in total. The minimum Gasteiger partial charge on any atom is -0.463 e. The zero-order valence-electron chi connectivity index (χ0n) is 48.1. The third-order valence-electron chi connectivity index (χ3n) is 12.7. The van der Waals surface area contributed by atoms with Crippen molar-refractivity contribution < 1.29 is 57.1 Å². The average Bonchev–Trinajstić information content (AvgIpc) is 3.31. The van der Waals surface area contributed by atoms with Crippen molar-refractivity contribution in [2.75, 3.05) is 20.3 Å².